The number of hydrogen-bond donors (Lipinski definition) is 1. The summed E-state index contributed by atoms with van der Waals surface area (Å²) in [6.45, 7) is 4.69. The predicted molar refractivity (Wildman–Crippen MR) is 95.6 cm³/mol. The SMILES string of the molecule is CCCCCCCCCCCCC(N)C1CCCC(C)C1. The van der Waals surface area contributed by atoms with Crippen LogP contribution in [-0.2, 0) is 0 Å². The van der Waals surface area contributed by atoms with Crippen molar-refractivity contribution in [2.75, 3.05) is 0 Å². The molecule has 1 heteroatoms. The quantitative estimate of drug-likeness (QED) is 0.411. The second-order valence-corrected chi connectivity index (χ2v) is 7.67. The molecule has 0 amide bonds. The van der Waals surface area contributed by atoms with Gasteiger partial charge in [-0.25, -0.2) is 0 Å². The molecule has 1 aliphatic rings. The van der Waals surface area contributed by atoms with Crippen LogP contribution in [0.1, 0.15) is 110 Å². The minimum Gasteiger partial charge on any atom is -0.327 e. The molecule has 0 saturated heterocycles. The zero-order valence-electron chi connectivity index (χ0n) is 14.9. The molecule has 1 fully saturated rings. The van der Waals surface area contributed by atoms with E-state index in [0.29, 0.717) is 6.04 Å². The highest BCUT2D eigenvalue weighted by Gasteiger charge is 2.23. The van der Waals surface area contributed by atoms with Crippen molar-refractivity contribution < 1.29 is 0 Å². The van der Waals surface area contributed by atoms with Crippen LogP contribution in [0.25, 0.3) is 0 Å². The molecular weight excluding hydrogens is 254 g/mol. The fourth-order valence-electron chi connectivity index (χ4n) is 3.97. The first-order valence-corrected chi connectivity index (χ1v) is 9.99. The van der Waals surface area contributed by atoms with Gasteiger partial charge in [0.15, 0.2) is 0 Å². The highest BCUT2D eigenvalue weighted by molar-refractivity contribution is 4.79. The third-order valence-electron chi connectivity index (χ3n) is 5.47. The topological polar surface area (TPSA) is 26.0 Å². The second-order valence-electron chi connectivity index (χ2n) is 7.67. The summed E-state index contributed by atoms with van der Waals surface area (Å²) in [5, 5.41) is 0. The van der Waals surface area contributed by atoms with Gasteiger partial charge in [-0.15, -0.1) is 0 Å². The average molecular weight is 296 g/mol. The molecule has 0 aromatic heterocycles. The number of nitrogens with two attached hydrogens (primary N) is 1. The van der Waals surface area contributed by atoms with Crippen molar-refractivity contribution in [3.05, 3.63) is 0 Å². The molecule has 1 aliphatic carbocycles. The van der Waals surface area contributed by atoms with E-state index in [4.69, 9.17) is 5.73 Å². The number of rotatable bonds is 12. The lowest BCUT2D eigenvalue weighted by Crippen LogP contribution is -2.33. The van der Waals surface area contributed by atoms with Gasteiger partial charge >= 0.3 is 0 Å². The number of hydrogen-bond acceptors (Lipinski definition) is 1. The van der Waals surface area contributed by atoms with Gasteiger partial charge in [0.05, 0.1) is 0 Å². The molecule has 0 aromatic rings. The van der Waals surface area contributed by atoms with Crippen LogP contribution in [0.2, 0.25) is 0 Å². The smallest absolute Gasteiger partial charge is 0.00672 e. The van der Waals surface area contributed by atoms with E-state index in [1.807, 2.05) is 0 Å². The van der Waals surface area contributed by atoms with Crippen LogP contribution in [0.15, 0.2) is 0 Å². The largest absolute Gasteiger partial charge is 0.327 e. The van der Waals surface area contributed by atoms with E-state index in [1.165, 1.54) is 96.3 Å². The van der Waals surface area contributed by atoms with Gasteiger partial charge in [0.25, 0.3) is 0 Å². The summed E-state index contributed by atoms with van der Waals surface area (Å²) < 4.78 is 0. The summed E-state index contributed by atoms with van der Waals surface area (Å²) in [5.74, 6) is 1.75. The van der Waals surface area contributed by atoms with E-state index in [2.05, 4.69) is 13.8 Å². The monoisotopic (exact) mass is 295 g/mol. The molecule has 1 saturated carbocycles. The van der Waals surface area contributed by atoms with Crippen LogP contribution >= 0.6 is 0 Å². The Balaban J connectivity index is 1.87. The Bertz CT molecular complexity index is 226. The summed E-state index contributed by atoms with van der Waals surface area (Å²) in [5.41, 5.74) is 6.42. The molecule has 1 nitrogen and oxygen atoms in total. The van der Waals surface area contributed by atoms with Crippen LogP contribution in [0.4, 0.5) is 0 Å². The molecule has 0 spiro atoms. The summed E-state index contributed by atoms with van der Waals surface area (Å²) in [7, 11) is 0. The summed E-state index contributed by atoms with van der Waals surface area (Å²) >= 11 is 0. The zero-order valence-corrected chi connectivity index (χ0v) is 14.9. The third kappa shape index (κ3) is 9.55. The van der Waals surface area contributed by atoms with Gasteiger partial charge in [0, 0.05) is 6.04 Å². The third-order valence-corrected chi connectivity index (χ3v) is 5.47. The van der Waals surface area contributed by atoms with E-state index < -0.39 is 0 Å². The molecule has 126 valence electrons. The van der Waals surface area contributed by atoms with E-state index >= 15 is 0 Å². The van der Waals surface area contributed by atoms with E-state index in [0.717, 1.165) is 11.8 Å². The molecule has 0 aromatic carbocycles. The lowest BCUT2D eigenvalue weighted by molar-refractivity contribution is 0.237. The van der Waals surface area contributed by atoms with E-state index in [9.17, 15) is 0 Å². The molecule has 3 atom stereocenters. The minimum absolute atomic E-state index is 0.488. The lowest BCUT2D eigenvalue weighted by Gasteiger charge is -2.31. The van der Waals surface area contributed by atoms with Gasteiger partial charge in [-0.05, 0) is 31.1 Å². The minimum atomic E-state index is 0.488. The normalized spacial score (nSPS) is 24.1. The Kier molecular flexibility index (Phi) is 11.3. The average Bonchev–Trinajstić information content (AvgIpc) is 2.49. The molecule has 0 heterocycles. The molecule has 3 unspecified atom stereocenters. The first-order chi connectivity index (χ1) is 10.2. The van der Waals surface area contributed by atoms with E-state index in [-0.39, 0.29) is 0 Å². The molecule has 2 N–H and O–H groups in total. The summed E-state index contributed by atoms with van der Waals surface area (Å²) in [4.78, 5) is 0. The van der Waals surface area contributed by atoms with Crippen LogP contribution in [0.3, 0.4) is 0 Å². The summed E-state index contributed by atoms with van der Waals surface area (Å²) in [6, 6.07) is 0.488. The Morgan fingerprint density at radius 1 is 0.857 bits per heavy atom. The van der Waals surface area contributed by atoms with Crippen LogP contribution < -0.4 is 5.73 Å². The predicted octanol–water partition coefficient (Wildman–Crippen LogP) is 6.45. The van der Waals surface area contributed by atoms with Crippen LogP contribution in [0, 0.1) is 11.8 Å². The zero-order chi connectivity index (χ0) is 15.3. The Morgan fingerprint density at radius 3 is 2.00 bits per heavy atom. The Morgan fingerprint density at radius 2 is 1.43 bits per heavy atom. The van der Waals surface area contributed by atoms with Gasteiger partial charge in [0.2, 0.25) is 0 Å². The van der Waals surface area contributed by atoms with Gasteiger partial charge in [-0.3, -0.25) is 0 Å². The van der Waals surface area contributed by atoms with Crippen molar-refractivity contribution in [1.29, 1.82) is 0 Å². The van der Waals surface area contributed by atoms with Crippen LogP contribution in [0.5, 0.6) is 0 Å². The van der Waals surface area contributed by atoms with Gasteiger partial charge in [-0.2, -0.15) is 0 Å². The highest BCUT2D eigenvalue weighted by atomic mass is 14.6. The molecule has 0 aliphatic heterocycles. The fraction of sp³-hybridized carbons (Fsp3) is 1.00. The fourth-order valence-corrected chi connectivity index (χ4v) is 3.97. The standard InChI is InChI=1S/C20H41N/c1-3-4-5-6-7-8-9-10-11-12-16-20(21)19-15-13-14-18(2)17-19/h18-20H,3-17,21H2,1-2H3. The van der Waals surface area contributed by atoms with Gasteiger partial charge in [-0.1, -0.05) is 90.9 Å². The second kappa shape index (κ2) is 12.5. The molecule has 0 radical (unpaired) electrons. The van der Waals surface area contributed by atoms with Crippen molar-refractivity contribution in [2.45, 2.75) is 116 Å². The van der Waals surface area contributed by atoms with Crippen molar-refractivity contribution in [2.24, 2.45) is 17.6 Å². The lowest BCUT2D eigenvalue weighted by atomic mass is 9.77. The van der Waals surface area contributed by atoms with Crippen molar-refractivity contribution >= 4 is 0 Å². The van der Waals surface area contributed by atoms with Crippen molar-refractivity contribution in [1.82, 2.24) is 0 Å². The first-order valence-electron chi connectivity index (χ1n) is 9.99. The van der Waals surface area contributed by atoms with Crippen molar-refractivity contribution in [3.63, 3.8) is 0 Å². The maximum absolute atomic E-state index is 6.42. The Labute approximate surface area is 134 Å². The van der Waals surface area contributed by atoms with Gasteiger partial charge in [0.1, 0.15) is 0 Å². The van der Waals surface area contributed by atoms with E-state index in [1.54, 1.807) is 0 Å². The molecule has 21 heavy (non-hydrogen) atoms. The van der Waals surface area contributed by atoms with Crippen molar-refractivity contribution in [3.8, 4) is 0 Å². The number of unbranched alkanes of at least 4 members (excludes halogenated alkanes) is 9. The Hall–Kier alpha value is -0.0400. The molecular formula is C20H41N. The molecule has 0 bridgehead atoms. The highest BCUT2D eigenvalue weighted by Crippen LogP contribution is 2.31. The van der Waals surface area contributed by atoms with Gasteiger partial charge < -0.3 is 5.73 Å². The maximum Gasteiger partial charge on any atom is 0.00672 e. The maximum atomic E-state index is 6.42. The summed E-state index contributed by atoms with van der Waals surface area (Å²) in [6.07, 6.45) is 21.2. The first kappa shape index (κ1) is 19.0. The van der Waals surface area contributed by atoms with Crippen LogP contribution in [-0.4, -0.2) is 6.04 Å². The molecule has 1 rings (SSSR count).